The van der Waals surface area contributed by atoms with E-state index in [-0.39, 0.29) is 0 Å². The molecule has 0 aliphatic heterocycles. The molecule has 0 unspecified atom stereocenters. The SMILES string of the molecule is NC1=C(C=O)C=C1. The fourth-order valence-electron chi connectivity index (χ4n) is 0.383. The summed E-state index contributed by atoms with van der Waals surface area (Å²) in [5.41, 5.74) is 6.40. The maximum absolute atomic E-state index is 9.81. The molecule has 0 bridgehead atoms. The van der Waals surface area contributed by atoms with Crippen molar-refractivity contribution in [2.75, 3.05) is 0 Å². The van der Waals surface area contributed by atoms with Gasteiger partial charge in [0.25, 0.3) is 0 Å². The lowest BCUT2D eigenvalue weighted by atomic mass is 10.1. The Kier molecular flexibility index (Phi) is 0.719. The molecule has 0 aromatic heterocycles. The van der Waals surface area contributed by atoms with Crippen LogP contribution in [0.2, 0.25) is 0 Å². The van der Waals surface area contributed by atoms with Crippen molar-refractivity contribution in [3.05, 3.63) is 23.4 Å². The van der Waals surface area contributed by atoms with Crippen LogP contribution >= 0.6 is 0 Å². The van der Waals surface area contributed by atoms with Crippen LogP contribution in [0, 0.1) is 0 Å². The Bertz CT molecular complexity index is 151. The highest BCUT2D eigenvalue weighted by atomic mass is 16.1. The molecule has 0 heterocycles. The number of allylic oxidation sites excluding steroid dienone is 3. The van der Waals surface area contributed by atoms with Crippen LogP contribution < -0.4 is 5.73 Å². The van der Waals surface area contributed by atoms with Crippen molar-refractivity contribution < 1.29 is 4.79 Å². The van der Waals surface area contributed by atoms with Crippen molar-refractivity contribution in [2.24, 2.45) is 5.73 Å². The van der Waals surface area contributed by atoms with Crippen molar-refractivity contribution in [1.29, 1.82) is 0 Å². The largest absolute Gasteiger partial charge is 0.398 e. The van der Waals surface area contributed by atoms with Gasteiger partial charge in [-0.25, -0.2) is 0 Å². The van der Waals surface area contributed by atoms with Crippen molar-refractivity contribution in [3.63, 3.8) is 0 Å². The molecule has 7 heavy (non-hydrogen) atoms. The van der Waals surface area contributed by atoms with Gasteiger partial charge in [-0.1, -0.05) is 0 Å². The van der Waals surface area contributed by atoms with Crippen molar-refractivity contribution in [1.82, 2.24) is 0 Å². The summed E-state index contributed by atoms with van der Waals surface area (Å²) < 4.78 is 0. The first-order valence-corrected chi connectivity index (χ1v) is 1.97. The summed E-state index contributed by atoms with van der Waals surface area (Å²) in [6.07, 6.45) is 4.13. The van der Waals surface area contributed by atoms with Crippen LogP contribution in [0.25, 0.3) is 0 Å². The predicted octanol–water partition coefficient (Wildman–Crippen LogP) is -0.0321. The molecule has 36 valence electrons. The lowest BCUT2D eigenvalue weighted by Crippen LogP contribution is -2.05. The highest BCUT2D eigenvalue weighted by molar-refractivity contribution is 5.83. The van der Waals surface area contributed by atoms with Crippen LogP contribution in [-0.2, 0) is 4.79 Å². The number of hydrogen-bond acceptors (Lipinski definition) is 2. The van der Waals surface area contributed by atoms with Crippen molar-refractivity contribution >= 4 is 6.29 Å². The van der Waals surface area contributed by atoms with E-state index in [9.17, 15) is 4.79 Å². The Morgan fingerprint density at radius 1 is 1.57 bits per heavy atom. The first kappa shape index (κ1) is 4.12. The minimum Gasteiger partial charge on any atom is -0.398 e. The number of carbonyl (C=O) groups is 1. The van der Waals surface area contributed by atoms with Gasteiger partial charge in [-0.15, -0.1) is 0 Å². The van der Waals surface area contributed by atoms with Gasteiger partial charge in [-0.05, 0) is 12.2 Å². The quantitative estimate of drug-likeness (QED) is 0.464. The van der Waals surface area contributed by atoms with Crippen LogP contribution in [0.5, 0.6) is 0 Å². The minimum atomic E-state index is 0.593. The smallest absolute Gasteiger partial charge is 0.152 e. The van der Waals surface area contributed by atoms with Crippen molar-refractivity contribution in [3.8, 4) is 0 Å². The molecule has 2 nitrogen and oxygen atoms in total. The Morgan fingerprint density at radius 3 is 2.29 bits per heavy atom. The molecule has 0 aromatic carbocycles. The Morgan fingerprint density at radius 2 is 2.29 bits per heavy atom. The highest BCUT2D eigenvalue weighted by Gasteiger charge is 2.01. The van der Waals surface area contributed by atoms with Gasteiger partial charge in [-0.3, -0.25) is 4.79 Å². The van der Waals surface area contributed by atoms with Gasteiger partial charge in [0.1, 0.15) is 0 Å². The third kappa shape index (κ3) is 0.435. The number of carbonyl (C=O) groups excluding carboxylic acids is 1. The van der Waals surface area contributed by atoms with E-state index in [2.05, 4.69) is 0 Å². The van der Waals surface area contributed by atoms with Gasteiger partial charge in [0.15, 0.2) is 6.29 Å². The second-order valence-electron chi connectivity index (χ2n) is 1.36. The summed E-state index contributed by atoms with van der Waals surface area (Å²) in [5, 5.41) is 0. The minimum absolute atomic E-state index is 0.593. The molecule has 0 spiro atoms. The number of aldehydes is 1. The van der Waals surface area contributed by atoms with Gasteiger partial charge in [0.2, 0.25) is 0 Å². The Balaban J connectivity index is 2.73. The molecule has 0 radical (unpaired) electrons. The highest BCUT2D eigenvalue weighted by Crippen LogP contribution is 2.08. The standard InChI is InChI=1S/C5H5NO/c6-5-2-1-4(5)3-7/h1-3H,6H2. The molecule has 2 N–H and O–H groups in total. The fourth-order valence-corrected chi connectivity index (χ4v) is 0.383. The normalized spacial score (nSPS) is 16.6. The van der Waals surface area contributed by atoms with Gasteiger partial charge in [0, 0.05) is 11.3 Å². The lowest BCUT2D eigenvalue weighted by Gasteiger charge is -2.02. The summed E-state index contributed by atoms with van der Waals surface area (Å²) in [7, 11) is 0. The average molecular weight is 95.1 g/mol. The van der Waals surface area contributed by atoms with Crippen LogP contribution in [0.4, 0.5) is 0 Å². The molecule has 0 amide bonds. The molecule has 0 atom stereocenters. The number of hydrogen-bond donors (Lipinski definition) is 1. The summed E-state index contributed by atoms with van der Waals surface area (Å²) in [6, 6.07) is 0. The second-order valence-corrected chi connectivity index (χ2v) is 1.36. The third-order valence-electron chi connectivity index (χ3n) is 0.903. The zero-order chi connectivity index (χ0) is 5.28. The van der Waals surface area contributed by atoms with E-state index in [1.807, 2.05) is 0 Å². The summed E-state index contributed by atoms with van der Waals surface area (Å²) in [6.45, 7) is 0. The fraction of sp³-hybridized carbons (Fsp3) is 0. The molecular formula is C5H5NO. The molecule has 1 aliphatic carbocycles. The van der Waals surface area contributed by atoms with Crippen molar-refractivity contribution in [2.45, 2.75) is 0 Å². The van der Waals surface area contributed by atoms with E-state index in [0.29, 0.717) is 11.3 Å². The molecule has 2 heteroatoms. The zero-order valence-corrected chi connectivity index (χ0v) is 3.72. The van der Waals surface area contributed by atoms with Crippen LogP contribution in [0.3, 0.4) is 0 Å². The maximum atomic E-state index is 9.81. The van der Waals surface area contributed by atoms with Crippen LogP contribution in [-0.4, -0.2) is 6.29 Å². The van der Waals surface area contributed by atoms with Gasteiger partial charge < -0.3 is 5.73 Å². The van der Waals surface area contributed by atoms with E-state index in [1.54, 1.807) is 12.2 Å². The molecule has 0 aromatic rings. The summed E-state index contributed by atoms with van der Waals surface area (Å²) in [4.78, 5) is 9.81. The Labute approximate surface area is 41.3 Å². The Hall–Kier alpha value is -1.05. The third-order valence-corrected chi connectivity index (χ3v) is 0.903. The van der Waals surface area contributed by atoms with Crippen LogP contribution in [0.1, 0.15) is 0 Å². The summed E-state index contributed by atoms with van der Waals surface area (Å²) in [5.74, 6) is 0. The van der Waals surface area contributed by atoms with Gasteiger partial charge >= 0.3 is 0 Å². The summed E-state index contributed by atoms with van der Waals surface area (Å²) >= 11 is 0. The van der Waals surface area contributed by atoms with E-state index in [4.69, 9.17) is 5.73 Å². The zero-order valence-electron chi connectivity index (χ0n) is 3.72. The molecular weight excluding hydrogens is 90.1 g/mol. The second kappa shape index (κ2) is 1.22. The number of nitrogens with two attached hydrogens (primary N) is 1. The predicted molar refractivity (Wildman–Crippen MR) is 26.4 cm³/mol. The molecule has 0 saturated carbocycles. The molecule has 0 saturated heterocycles. The first-order chi connectivity index (χ1) is 3.34. The van der Waals surface area contributed by atoms with E-state index in [1.165, 1.54) is 0 Å². The average Bonchev–Trinajstić information content (AvgIpc) is 1.65. The lowest BCUT2D eigenvalue weighted by molar-refractivity contribution is -0.104. The molecule has 1 rings (SSSR count). The molecule has 1 aliphatic rings. The maximum Gasteiger partial charge on any atom is 0.152 e. The van der Waals surface area contributed by atoms with Gasteiger partial charge in [0.05, 0.1) is 0 Å². The molecule has 0 fully saturated rings. The van der Waals surface area contributed by atoms with E-state index in [0.717, 1.165) is 6.29 Å². The monoisotopic (exact) mass is 95.0 g/mol. The van der Waals surface area contributed by atoms with E-state index < -0.39 is 0 Å². The van der Waals surface area contributed by atoms with Crippen LogP contribution in [0.15, 0.2) is 23.4 Å². The van der Waals surface area contributed by atoms with Gasteiger partial charge in [-0.2, -0.15) is 0 Å². The van der Waals surface area contributed by atoms with E-state index >= 15 is 0 Å². The topological polar surface area (TPSA) is 43.1 Å². The number of rotatable bonds is 1. The first-order valence-electron chi connectivity index (χ1n) is 1.97.